The Bertz CT molecular complexity index is 805. The van der Waals surface area contributed by atoms with Gasteiger partial charge in [0.1, 0.15) is 11.6 Å². The molecule has 0 unspecified atom stereocenters. The highest BCUT2D eigenvalue weighted by atomic mass is 19.1. The fraction of sp³-hybridized carbons (Fsp3) is 0.235. The summed E-state index contributed by atoms with van der Waals surface area (Å²) < 4.78 is 15.6. The Balaban J connectivity index is 2.23. The van der Waals surface area contributed by atoms with Gasteiger partial charge in [0.25, 0.3) is 0 Å². The predicted molar refractivity (Wildman–Crippen MR) is 83.4 cm³/mol. The van der Waals surface area contributed by atoms with Gasteiger partial charge in [-0.1, -0.05) is 6.07 Å². The summed E-state index contributed by atoms with van der Waals surface area (Å²) in [6, 6.07) is 11.2. The molecule has 2 N–H and O–H groups in total. The molecule has 0 spiro atoms. The minimum Gasteiger partial charge on any atom is -0.326 e. The zero-order chi connectivity index (χ0) is 15.0. The van der Waals surface area contributed by atoms with E-state index in [0.29, 0.717) is 12.1 Å². The second-order valence-electron chi connectivity index (χ2n) is 5.17. The first-order valence-electron chi connectivity index (χ1n) is 7.09. The summed E-state index contributed by atoms with van der Waals surface area (Å²) >= 11 is 0. The fourth-order valence-electron chi connectivity index (χ4n) is 2.63. The number of aryl methyl sites for hydroxylation is 2. The van der Waals surface area contributed by atoms with E-state index in [4.69, 9.17) is 10.7 Å². The van der Waals surface area contributed by atoms with Crippen LogP contribution in [0.3, 0.4) is 0 Å². The molecule has 3 rings (SSSR count). The fourth-order valence-corrected chi connectivity index (χ4v) is 2.63. The number of nitrogens with zero attached hydrogens (tertiary/aromatic N) is 2. The van der Waals surface area contributed by atoms with E-state index < -0.39 is 0 Å². The van der Waals surface area contributed by atoms with Crippen LogP contribution in [0.2, 0.25) is 0 Å². The largest absolute Gasteiger partial charge is 0.326 e. The Morgan fingerprint density at radius 2 is 2.00 bits per heavy atom. The number of imidazole rings is 1. The number of halogens is 1. The zero-order valence-corrected chi connectivity index (χ0v) is 12.2. The van der Waals surface area contributed by atoms with E-state index in [1.54, 1.807) is 13.0 Å². The van der Waals surface area contributed by atoms with Crippen LogP contribution in [-0.2, 0) is 13.1 Å². The molecule has 4 heteroatoms. The molecule has 108 valence electrons. The molecule has 0 aliphatic rings. The Labute approximate surface area is 123 Å². The number of hydrogen-bond donors (Lipinski definition) is 1. The summed E-state index contributed by atoms with van der Waals surface area (Å²) in [5, 5.41) is 0. The highest BCUT2D eigenvalue weighted by Gasteiger charge is 2.12. The van der Waals surface area contributed by atoms with Crippen LogP contribution in [0, 0.1) is 12.7 Å². The van der Waals surface area contributed by atoms with Crippen molar-refractivity contribution in [2.24, 2.45) is 5.73 Å². The number of hydrogen-bond acceptors (Lipinski definition) is 2. The third-order valence-electron chi connectivity index (χ3n) is 3.78. The lowest BCUT2D eigenvalue weighted by Gasteiger charge is -2.07. The van der Waals surface area contributed by atoms with Gasteiger partial charge in [-0.2, -0.15) is 0 Å². The monoisotopic (exact) mass is 283 g/mol. The maximum Gasteiger partial charge on any atom is 0.141 e. The summed E-state index contributed by atoms with van der Waals surface area (Å²) in [5.41, 5.74) is 10.3. The van der Waals surface area contributed by atoms with Gasteiger partial charge in [-0.3, -0.25) is 0 Å². The molecule has 1 heterocycles. The third kappa shape index (κ3) is 2.32. The maximum absolute atomic E-state index is 13.5. The van der Waals surface area contributed by atoms with Crippen molar-refractivity contribution in [3.63, 3.8) is 0 Å². The van der Waals surface area contributed by atoms with Crippen LogP contribution in [0.15, 0.2) is 36.4 Å². The Morgan fingerprint density at radius 1 is 1.19 bits per heavy atom. The van der Waals surface area contributed by atoms with E-state index in [9.17, 15) is 4.39 Å². The molecule has 21 heavy (non-hydrogen) atoms. The molecule has 0 radical (unpaired) electrons. The van der Waals surface area contributed by atoms with Crippen molar-refractivity contribution < 1.29 is 4.39 Å². The van der Waals surface area contributed by atoms with E-state index in [1.165, 1.54) is 6.07 Å². The van der Waals surface area contributed by atoms with Gasteiger partial charge in [-0.25, -0.2) is 9.37 Å². The third-order valence-corrected chi connectivity index (χ3v) is 3.78. The quantitative estimate of drug-likeness (QED) is 0.797. The molecular formula is C17H18FN3. The SMILES string of the molecule is CCn1c(-c2ccc(F)c(C)c2)nc2cc(CN)ccc21. The molecule has 0 aliphatic carbocycles. The highest BCUT2D eigenvalue weighted by molar-refractivity contribution is 5.81. The standard InChI is InChI=1S/C17H18FN3/c1-3-21-16-7-4-12(10-19)9-15(16)20-17(21)13-5-6-14(18)11(2)8-13/h4-9H,3,10,19H2,1-2H3. The molecule has 0 bridgehead atoms. The first-order valence-corrected chi connectivity index (χ1v) is 7.09. The smallest absolute Gasteiger partial charge is 0.141 e. The molecule has 3 aromatic rings. The zero-order valence-electron chi connectivity index (χ0n) is 12.2. The van der Waals surface area contributed by atoms with Crippen LogP contribution < -0.4 is 5.73 Å². The van der Waals surface area contributed by atoms with Crippen molar-refractivity contribution in [3.05, 3.63) is 53.3 Å². The van der Waals surface area contributed by atoms with Crippen molar-refractivity contribution in [2.45, 2.75) is 26.9 Å². The van der Waals surface area contributed by atoms with Gasteiger partial charge in [0.2, 0.25) is 0 Å². The van der Waals surface area contributed by atoms with E-state index in [0.717, 1.165) is 34.5 Å². The van der Waals surface area contributed by atoms with Crippen molar-refractivity contribution in [3.8, 4) is 11.4 Å². The number of nitrogens with two attached hydrogens (primary N) is 1. The predicted octanol–water partition coefficient (Wildman–Crippen LogP) is 3.63. The molecule has 3 nitrogen and oxygen atoms in total. The van der Waals surface area contributed by atoms with Gasteiger partial charge >= 0.3 is 0 Å². The highest BCUT2D eigenvalue weighted by Crippen LogP contribution is 2.26. The molecule has 0 amide bonds. The Kier molecular flexibility index (Phi) is 3.47. The van der Waals surface area contributed by atoms with E-state index in [-0.39, 0.29) is 5.82 Å². The van der Waals surface area contributed by atoms with E-state index in [2.05, 4.69) is 11.5 Å². The van der Waals surface area contributed by atoms with E-state index in [1.807, 2.05) is 24.3 Å². The molecule has 0 aliphatic heterocycles. The lowest BCUT2D eigenvalue weighted by molar-refractivity contribution is 0.618. The van der Waals surface area contributed by atoms with Gasteiger partial charge in [0.15, 0.2) is 0 Å². The second-order valence-corrected chi connectivity index (χ2v) is 5.17. The van der Waals surface area contributed by atoms with Gasteiger partial charge in [0.05, 0.1) is 11.0 Å². The van der Waals surface area contributed by atoms with Crippen molar-refractivity contribution in [1.29, 1.82) is 0 Å². The topological polar surface area (TPSA) is 43.8 Å². The van der Waals surface area contributed by atoms with Crippen molar-refractivity contribution in [1.82, 2.24) is 9.55 Å². The number of rotatable bonds is 3. The summed E-state index contributed by atoms with van der Waals surface area (Å²) in [6.45, 7) is 5.16. The first-order chi connectivity index (χ1) is 10.1. The molecule has 2 aromatic carbocycles. The van der Waals surface area contributed by atoms with Crippen molar-refractivity contribution in [2.75, 3.05) is 0 Å². The van der Waals surface area contributed by atoms with Gasteiger partial charge in [-0.15, -0.1) is 0 Å². The molecule has 0 saturated heterocycles. The van der Waals surface area contributed by atoms with Gasteiger partial charge in [-0.05, 0) is 55.3 Å². The number of fused-ring (bicyclic) bond motifs is 1. The minimum absolute atomic E-state index is 0.191. The van der Waals surface area contributed by atoms with Crippen LogP contribution in [0.1, 0.15) is 18.1 Å². The number of benzene rings is 2. The molecule has 0 fully saturated rings. The average molecular weight is 283 g/mol. The average Bonchev–Trinajstić information content (AvgIpc) is 2.87. The molecular weight excluding hydrogens is 265 g/mol. The van der Waals surface area contributed by atoms with Crippen LogP contribution in [0.4, 0.5) is 4.39 Å². The summed E-state index contributed by atoms with van der Waals surface area (Å²) in [7, 11) is 0. The van der Waals surface area contributed by atoms with Gasteiger partial charge < -0.3 is 10.3 Å². The molecule has 1 aromatic heterocycles. The van der Waals surface area contributed by atoms with Crippen molar-refractivity contribution >= 4 is 11.0 Å². The summed E-state index contributed by atoms with van der Waals surface area (Å²) in [5.74, 6) is 0.674. The summed E-state index contributed by atoms with van der Waals surface area (Å²) in [4.78, 5) is 4.72. The Hall–Kier alpha value is -2.20. The lowest BCUT2D eigenvalue weighted by Crippen LogP contribution is -1.98. The summed E-state index contributed by atoms with van der Waals surface area (Å²) in [6.07, 6.45) is 0. The van der Waals surface area contributed by atoms with Gasteiger partial charge in [0, 0.05) is 18.7 Å². The van der Waals surface area contributed by atoms with Crippen LogP contribution in [-0.4, -0.2) is 9.55 Å². The van der Waals surface area contributed by atoms with Crippen LogP contribution in [0.5, 0.6) is 0 Å². The van der Waals surface area contributed by atoms with Crippen LogP contribution >= 0.6 is 0 Å². The Morgan fingerprint density at radius 3 is 2.67 bits per heavy atom. The maximum atomic E-state index is 13.5. The number of aromatic nitrogens is 2. The normalized spacial score (nSPS) is 11.2. The second kappa shape index (κ2) is 5.30. The van der Waals surface area contributed by atoms with Crippen LogP contribution in [0.25, 0.3) is 22.4 Å². The molecule has 0 saturated carbocycles. The molecule has 0 atom stereocenters. The van der Waals surface area contributed by atoms with E-state index >= 15 is 0 Å². The lowest BCUT2D eigenvalue weighted by atomic mass is 10.1. The first kappa shape index (κ1) is 13.8. The minimum atomic E-state index is -0.191.